The lowest BCUT2D eigenvalue weighted by Gasteiger charge is -2.09. The van der Waals surface area contributed by atoms with Crippen molar-refractivity contribution in [2.24, 2.45) is 12.8 Å². The van der Waals surface area contributed by atoms with Gasteiger partial charge in [0.15, 0.2) is 0 Å². The van der Waals surface area contributed by atoms with Crippen LogP contribution >= 0.6 is 0 Å². The van der Waals surface area contributed by atoms with E-state index in [1.807, 2.05) is 42.2 Å². The van der Waals surface area contributed by atoms with Crippen LogP contribution in [0.5, 0.6) is 0 Å². The van der Waals surface area contributed by atoms with Crippen molar-refractivity contribution in [2.45, 2.75) is 12.5 Å². The molecule has 0 spiro atoms. The predicted molar refractivity (Wildman–Crippen MR) is 66.8 cm³/mol. The van der Waals surface area contributed by atoms with E-state index in [1.54, 1.807) is 4.68 Å². The zero-order valence-electron chi connectivity index (χ0n) is 10.1. The molecular formula is C12H14N6. The van der Waals surface area contributed by atoms with Gasteiger partial charge in [0, 0.05) is 31.3 Å². The topological polar surface area (TPSA) is 74.0 Å². The van der Waals surface area contributed by atoms with Crippen LogP contribution in [0, 0.1) is 0 Å². The summed E-state index contributed by atoms with van der Waals surface area (Å²) < 4.78 is 3.57. The molecule has 6 heteroatoms. The number of rotatable bonds is 3. The predicted octanol–water partition coefficient (Wildman–Crippen LogP) is 0.705. The molecule has 0 aliphatic carbocycles. The summed E-state index contributed by atoms with van der Waals surface area (Å²) in [5, 5.41) is 8.33. The van der Waals surface area contributed by atoms with E-state index in [0.29, 0.717) is 6.42 Å². The molecule has 6 nitrogen and oxygen atoms in total. The van der Waals surface area contributed by atoms with Gasteiger partial charge in [-0.2, -0.15) is 10.2 Å². The first-order chi connectivity index (χ1) is 8.75. The van der Waals surface area contributed by atoms with E-state index < -0.39 is 0 Å². The van der Waals surface area contributed by atoms with E-state index in [9.17, 15) is 0 Å². The molecule has 0 aliphatic rings. The Balaban J connectivity index is 1.93. The molecule has 3 rings (SSSR count). The lowest BCUT2D eigenvalue weighted by Crippen LogP contribution is -2.16. The Morgan fingerprint density at radius 1 is 1.33 bits per heavy atom. The highest BCUT2D eigenvalue weighted by atomic mass is 15.3. The molecule has 2 N–H and O–H groups in total. The Labute approximate surface area is 104 Å². The van der Waals surface area contributed by atoms with E-state index >= 15 is 0 Å². The van der Waals surface area contributed by atoms with Gasteiger partial charge >= 0.3 is 0 Å². The Morgan fingerprint density at radius 3 is 3.00 bits per heavy atom. The number of pyridine rings is 1. The van der Waals surface area contributed by atoms with Crippen LogP contribution in [-0.4, -0.2) is 24.4 Å². The fourth-order valence-electron chi connectivity index (χ4n) is 2.05. The third-order valence-corrected chi connectivity index (χ3v) is 3.06. The monoisotopic (exact) mass is 242 g/mol. The molecule has 0 radical (unpaired) electrons. The Kier molecular flexibility index (Phi) is 2.56. The van der Waals surface area contributed by atoms with Crippen LogP contribution in [0.3, 0.4) is 0 Å². The van der Waals surface area contributed by atoms with Crippen LogP contribution in [0.15, 0.2) is 36.9 Å². The van der Waals surface area contributed by atoms with E-state index in [1.165, 1.54) is 6.33 Å². The zero-order valence-corrected chi connectivity index (χ0v) is 10.1. The Morgan fingerprint density at radius 2 is 2.22 bits per heavy atom. The van der Waals surface area contributed by atoms with Crippen LogP contribution in [0.2, 0.25) is 0 Å². The summed E-state index contributed by atoms with van der Waals surface area (Å²) in [5.41, 5.74) is 8.29. The smallest absolute Gasteiger partial charge is 0.138 e. The number of nitrogens with two attached hydrogens (primary N) is 1. The third-order valence-electron chi connectivity index (χ3n) is 3.06. The normalized spacial score (nSPS) is 13.0. The van der Waals surface area contributed by atoms with Crippen molar-refractivity contribution in [1.29, 1.82) is 0 Å². The number of aryl methyl sites for hydroxylation is 1. The maximum Gasteiger partial charge on any atom is 0.138 e. The molecule has 0 fully saturated rings. The highest BCUT2D eigenvalue weighted by Crippen LogP contribution is 2.19. The summed E-state index contributed by atoms with van der Waals surface area (Å²) in [6.07, 6.45) is 5.91. The minimum Gasteiger partial charge on any atom is -0.323 e. The van der Waals surface area contributed by atoms with Gasteiger partial charge in [0.25, 0.3) is 0 Å². The second kappa shape index (κ2) is 4.23. The van der Waals surface area contributed by atoms with Crippen molar-refractivity contribution in [3.8, 4) is 0 Å². The maximum absolute atomic E-state index is 6.23. The maximum atomic E-state index is 6.23. The van der Waals surface area contributed by atoms with Gasteiger partial charge in [0.2, 0.25) is 0 Å². The number of fused-ring (bicyclic) bond motifs is 1. The summed E-state index contributed by atoms with van der Waals surface area (Å²) in [6.45, 7) is 0. The second-order valence-corrected chi connectivity index (χ2v) is 4.24. The molecule has 1 unspecified atom stereocenters. The summed E-state index contributed by atoms with van der Waals surface area (Å²) in [6, 6.07) is 5.81. The van der Waals surface area contributed by atoms with Gasteiger partial charge in [-0.3, -0.25) is 4.68 Å². The molecule has 92 valence electrons. The van der Waals surface area contributed by atoms with Crippen molar-refractivity contribution in [3.63, 3.8) is 0 Å². The largest absolute Gasteiger partial charge is 0.323 e. The van der Waals surface area contributed by atoms with Crippen LogP contribution in [0.1, 0.15) is 17.4 Å². The van der Waals surface area contributed by atoms with E-state index in [2.05, 4.69) is 15.2 Å². The lowest BCUT2D eigenvalue weighted by atomic mass is 10.1. The summed E-state index contributed by atoms with van der Waals surface area (Å²) in [7, 11) is 1.87. The minimum absolute atomic E-state index is 0.132. The van der Waals surface area contributed by atoms with Gasteiger partial charge in [-0.25, -0.2) is 9.50 Å². The van der Waals surface area contributed by atoms with Crippen LogP contribution < -0.4 is 5.73 Å². The summed E-state index contributed by atoms with van der Waals surface area (Å²) in [4.78, 5) is 4.19. The first-order valence-electron chi connectivity index (χ1n) is 5.76. The van der Waals surface area contributed by atoms with E-state index in [4.69, 9.17) is 5.73 Å². The number of hydrogen-bond donors (Lipinski definition) is 1. The molecule has 1 atom stereocenters. The SMILES string of the molecule is Cn1ncnc1CC(N)c1cnn2ccccc12. The molecule has 18 heavy (non-hydrogen) atoms. The fourth-order valence-corrected chi connectivity index (χ4v) is 2.05. The van der Waals surface area contributed by atoms with E-state index in [0.717, 1.165) is 16.9 Å². The van der Waals surface area contributed by atoms with Crippen LogP contribution in [-0.2, 0) is 13.5 Å². The van der Waals surface area contributed by atoms with Gasteiger partial charge in [0.1, 0.15) is 12.2 Å². The molecular weight excluding hydrogens is 228 g/mol. The van der Waals surface area contributed by atoms with Crippen molar-refractivity contribution >= 4 is 5.52 Å². The van der Waals surface area contributed by atoms with Crippen LogP contribution in [0.4, 0.5) is 0 Å². The van der Waals surface area contributed by atoms with Crippen molar-refractivity contribution in [1.82, 2.24) is 24.4 Å². The minimum atomic E-state index is -0.132. The van der Waals surface area contributed by atoms with Crippen LogP contribution in [0.25, 0.3) is 5.52 Å². The highest BCUT2D eigenvalue weighted by Gasteiger charge is 2.14. The molecule has 0 amide bonds. The van der Waals surface area contributed by atoms with Crippen molar-refractivity contribution < 1.29 is 0 Å². The Bertz CT molecular complexity index is 668. The van der Waals surface area contributed by atoms with Gasteiger partial charge in [-0.1, -0.05) is 6.07 Å². The molecule has 0 bridgehead atoms. The van der Waals surface area contributed by atoms with Crippen molar-refractivity contribution in [2.75, 3.05) is 0 Å². The highest BCUT2D eigenvalue weighted by molar-refractivity contribution is 5.54. The zero-order chi connectivity index (χ0) is 12.5. The second-order valence-electron chi connectivity index (χ2n) is 4.24. The average Bonchev–Trinajstić information content (AvgIpc) is 2.96. The van der Waals surface area contributed by atoms with E-state index in [-0.39, 0.29) is 6.04 Å². The van der Waals surface area contributed by atoms with Gasteiger partial charge < -0.3 is 5.73 Å². The Hall–Kier alpha value is -2.21. The van der Waals surface area contributed by atoms with Gasteiger partial charge in [-0.05, 0) is 12.1 Å². The molecule has 3 aromatic rings. The molecule has 0 aliphatic heterocycles. The number of hydrogen-bond acceptors (Lipinski definition) is 4. The van der Waals surface area contributed by atoms with Gasteiger partial charge in [0.05, 0.1) is 11.7 Å². The number of aromatic nitrogens is 5. The summed E-state index contributed by atoms with van der Waals surface area (Å²) in [5.74, 6) is 0.873. The quantitative estimate of drug-likeness (QED) is 0.734. The third kappa shape index (κ3) is 1.76. The van der Waals surface area contributed by atoms with Crippen molar-refractivity contribution in [3.05, 3.63) is 48.3 Å². The molecule has 0 saturated heterocycles. The van der Waals surface area contributed by atoms with Gasteiger partial charge in [-0.15, -0.1) is 0 Å². The molecule has 3 heterocycles. The molecule has 0 aromatic carbocycles. The standard InChI is InChI=1S/C12H14N6/c1-17-12(14-8-16-17)6-10(13)9-7-15-18-5-3-2-4-11(9)18/h2-5,7-8,10H,6,13H2,1H3. The fraction of sp³-hybridized carbons (Fsp3) is 0.250. The molecule has 0 saturated carbocycles. The average molecular weight is 242 g/mol. The molecule has 3 aromatic heterocycles. The number of nitrogens with zero attached hydrogens (tertiary/aromatic N) is 5. The summed E-state index contributed by atoms with van der Waals surface area (Å²) >= 11 is 0. The first-order valence-corrected chi connectivity index (χ1v) is 5.76. The lowest BCUT2D eigenvalue weighted by molar-refractivity contribution is 0.632. The first kappa shape index (κ1) is 10.9.